The van der Waals surface area contributed by atoms with Crippen LogP contribution in [0.1, 0.15) is 10.4 Å². The van der Waals surface area contributed by atoms with Crippen LogP contribution in [0, 0.1) is 0 Å². The number of benzene rings is 1. The highest BCUT2D eigenvalue weighted by Crippen LogP contribution is 2.08. The molecule has 0 spiro atoms. The first-order valence-electron chi connectivity index (χ1n) is 4.45. The van der Waals surface area contributed by atoms with Crippen molar-refractivity contribution in [2.45, 2.75) is 0 Å². The predicted octanol–water partition coefficient (Wildman–Crippen LogP) is 0.816. The lowest BCUT2D eigenvalue weighted by Crippen LogP contribution is -2.31. The molecule has 4 nitrogen and oxygen atoms in total. The van der Waals surface area contributed by atoms with Crippen molar-refractivity contribution >= 4 is 23.9 Å². The molecule has 0 fully saturated rings. The van der Waals surface area contributed by atoms with Crippen molar-refractivity contribution in [3.63, 3.8) is 0 Å². The van der Waals surface area contributed by atoms with Crippen LogP contribution in [-0.4, -0.2) is 25.4 Å². The standard InChI is InChI=1S/C10H11ClN2O2/c11-9-3-1-8(2-4-9)10(15)13-6-5-12-7-14/h1-4,7H,5-6H2,(H,12,14)(H,13,15). The summed E-state index contributed by atoms with van der Waals surface area (Å²) in [5.41, 5.74) is 0.547. The van der Waals surface area contributed by atoms with E-state index in [-0.39, 0.29) is 5.91 Å². The van der Waals surface area contributed by atoms with Gasteiger partial charge in [0, 0.05) is 23.7 Å². The summed E-state index contributed by atoms with van der Waals surface area (Å²) in [4.78, 5) is 21.4. The average Bonchev–Trinajstić information content (AvgIpc) is 2.25. The lowest BCUT2D eigenvalue weighted by Gasteiger charge is -2.04. The van der Waals surface area contributed by atoms with Crippen LogP contribution < -0.4 is 10.6 Å². The number of nitrogens with one attached hydrogen (secondary N) is 2. The fourth-order valence-corrected chi connectivity index (χ4v) is 1.14. The maximum Gasteiger partial charge on any atom is 0.251 e. The van der Waals surface area contributed by atoms with Gasteiger partial charge >= 0.3 is 0 Å². The van der Waals surface area contributed by atoms with Crippen LogP contribution in [0.4, 0.5) is 0 Å². The van der Waals surface area contributed by atoms with Crippen LogP contribution in [0.25, 0.3) is 0 Å². The van der Waals surface area contributed by atoms with Gasteiger partial charge < -0.3 is 10.6 Å². The van der Waals surface area contributed by atoms with E-state index in [1.165, 1.54) is 0 Å². The summed E-state index contributed by atoms with van der Waals surface area (Å²) in [5.74, 6) is -0.181. The Bertz CT molecular complexity index is 338. The summed E-state index contributed by atoms with van der Waals surface area (Å²) in [6.45, 7) is 0.822. The molecule has 0 saturated heterocycles. The van der Waals surface area contributed by atoms with Gasteiger partial charge in [-0.25, -0.2) is 0 Å². The fraction of sp³-hybridized carbons (Fsp3) is 0.200. The second kappa shape index (κ2) is 6.03. The van der Waals surface area contributed by atoms with Gasteiger partial charge in [-0.2, -0.15) is 0 Å². The molecule has 0 atom stereocenters. The molecule has 0 aliphatic heterocycles. The number of rotatable bonds is 5. The second-order valence-corrected chi connectivity index (χ2v) is 3.27. The summed E-state index contributed by atoms with van der Waals surface area (Å²) in [6.07, 6.45) is 0.592. The Morgan fingerprint density at radius 2 is 1.93 bits per heavy atom. The zero-order chi connectivity index (χ0) is 11.1. The Hall–Kier alpha value is -1.55. The van der Waals surface area contributed by atoms with Crippen molar-refractivity contribution < 1.29 is 9.59 Å². The molecule has 15 heavy (non-hydrogen) atoms. The van der Waals surface area contributed by atoms with Gasteiger partial charge in [0.15, 0.2) is 0 Å². The van der Waals surface area contributed by atoms with Crippen molar-refractivity contribution in [2.24, 2.45) is 0 Å². The zero-order valence-corrected chi connectivity index (χ0v) is 8.75. The molecule has 0 bridgehead atoms. The van der Waals surface area contributed by atoms with Gasteiger partial charge in [0.05, 0.1) is 0 Å². The highest BCUT2D eigenvalue weighted by Gasteiger charge is 2.03. The van der Waals surface area contributed by atoms with E-state index < -0.39 is 0 Å². The van der Waals surface area contributed by atoms with E-state index in [4.69, 9.17) is 11.6 Å². The van der Waals surface area contributed by atoms with Crippen LogP contribution in [0.3, 0.4) is 0 Å². The summed E-state index contributed by atoms with van der Waals surface area (Å²) in [5, 5.41) is 5.69. The van der Waals surface area contributed by atoms with Crippen molar-refractivity contribution in [2.75, 3.05) is 13.1 Å². The minimum atomic E-state index is -0.181. The molecule has 0 saturated carbocycles. The quantitative estimate of drug-likeness (QED) is 0.577. The number of halogens is 1. The third kappa shape index (κ3) is 3.99. The lowest BCUT2D eigenvalue weighted by molar-refractivity contribution is -0.109. The van der Waals surface area contributed by atoms with Gasteiger partial charge in [0.25, 0.3) is 5.91 Å². The number of hydrogen-bond acceptors (Lipinski definition) is 2. The predicted molar refractivity (Wildman–Crippen MR) is 57.9 cm³/mol. The number of amides is 2. The molecule has 1 aromatic rings. The third-order valence-electron chi connectivity index (χ3n) is 1.74. The van der Waals surface area contributed by atoms with Crippen LogP contribution in [0.5, 0.6) is 0 Å². The van der Waals surface area contributed by atoms with E-state index in [9.17, 15) is 9.59 Å². The molecule has 5 heteroatoms. The molecule has 2 N–H and O–H groups in total. The maximum atomic E-state index is 11.4. The molecular weight excluding hydrogens is 216 g/mol. The molecule has 0 aliphatic carbocycles. The second-order valence-electron chi connectivity index (χ2n) is 2.83. The summed E-state index contributed by atoms with van der Waals surface area (Å²) in [7, 11) is 0. The molecular formula is C10H11ClN2O2. The van der Waals surface area contributed by atoms with Crippen molar-refractivity contribution in [3.8, 4) is 0 Å². The van der Waals surface area contributed by atoms with Crippen molar-refractivity contribution in [3.05, 3.63) is 34.9 Å². The molecule has 2 amide bonds. The summed E-state index contributed by atoms with van der Waals surface area (Å²) < 4.78 is 0. The Labute approximate surface area is 92.6 Å². The molecule has 0 radical (unpaired) electrons. The van der Waals surface area contributed by atoms with Gasteiger partial charge in [0.1, 0.15) is 0 Å². The smallest absolute Gasteiger partial charge is 0.251 e. The molecule has 1 aromatic carbocycles. The monoisotopic (exact) mass is 226 g/mol. The molecule has 0 aliphatic rings. The number of carbonyl (C=O) groups is 2. The van der Waals surface area contributed by atoms with E-state index >= 15 is 0 Å². The average molecular weight is 227 g/mol. The molecule has 0 aromatic heterocycles. The molecule has 1 rings (SSSR count). The Kier molecular flexibility index (Phi) is 4.63. The molecule has 0 unspecified atom stereocenters. The van der Waals surface area contributed by atoms with Crippen LogP contribution in [-0.2, 0) is 4.79 Å². The Morgan fingerprint density at radius 3 is 2.53 bits per heavy atom. The van der Waals surface area contributed by atoms with E-state index in [0.29, 0.717) is 30.1 Å². The summed E-state index contributed by atoms with van der Waals surface area (Å²) >= 11 is 5.68. The third-order valence-corrected chi connectivity index (χ3v) is 2.00. The van der Waals surface area contributed by atoms with Gasteiger partial charge in [-0.05, 0) is 24.3 Å². The highest BCUT2D eigenvalue weighted by atomic mass is 35.5. The van der Waals surface area contributed by atoms with E-state index in [1.807, 2.05) is 0 Å². The molecule has 80 valence electrons. The minimum absolute atomic E-state index is 0.181. The summed E-state index contributed by atoms with van der Waals surface area (Å²) in [6, 6.07) is 6.59. The topological polar surface area (TPSA) is 58.2 Å². The Morgan fingerprint density at radius 1 is 1.27 bits per heavy atom. The zero-order valence-electron chi connectivity index (χ0n) is 8.00. The first-order valence-corrected chi connectivity index (χ1v) is 4.82. The Balaban J connectivity index is 2.40. The first-order chi connectivity index (χ1) is 7.24. The number of carbonyl (C=O) groups excluding carboxylic acids is 2. The molecule has 0 heterocycles. The normalized spacial score (nSPS) is 9.40. The van der Waals surface area contributed by atoms with Gasteiger partial charge in [-0.1, -0.05) is 11.6 Å². The van der Waals surface area contributed by atoms with Gasteiger partial charge in [0.2, 0.25) is 6.41 Å². The van der Waals surface area contributed by atoms with Gasteiger partial charge in [-0.3, -0.25) is 9.59 Å². The largest absolute Gasteiger partial charge is 0.357 e. The van der Waals surface area contributed by atoms with E-state index in [2.05, 4.69) is 10.6 Å². The van der Waals surface area contributed by atoms with Crippen LogP contribution in [0.2, 0.25) is 5.02 Å². The van der Waals surface area contributed by atoms with E-state index in [0.717, 1.165) is 0 Å². The number of hydrogen-bond donors (Lipinski definition) is 2. The lowest BCUT2D eigenvalue weighted by atomic mass is 10.2. The maximum absolute atomic E-state index is 11.4. The van der Waals surface area contributed by atoms with Crippen LogP contribution in [0.15, 0.2) is 24.3 Å². The highest BCUT2D eigenvalue weighted by molar-refractivity contribution is 6.30. The van der Waals surface area contributed by atoms with Crippen LogP contribution >= 0.6 is 11.6 Å². The van der Waals surface area contributed by atoms with E-state index in [1.54, 1.807) is 24.3 Å². The first kappa shape index (κ1) is 11.5. The fourth-order valence-electron chi connectivity index (χ4n) is 1.01. The minimum Gasteiger partial charge on any atom is -0.357 e. The SMILES string of the molecule is O=CNCCNC(=O)c1ccc(Cl)cc1. The van der Waals surface area contributed by atoms with Crippen molar-refractivity contribution in [1.82, 2.24) is 10.6 Å². The van der Waals surface area contributed by atoms with Gasteiger partial charge in [-0.15, -0.1) is 0 Å². The van der Waals surface area contributed by atoms with Crippen molar-refractivity contribution in [1.29, 1.82) is 0 Å².